The van der Waals surface area contributed by atoms with Gasteiger partial charge in [-0.05, 0) is 93.2 Å². The number of unbranched alkanes of at least 4 members (excludes halogenated alkanes) is 1. The fraction of sp³-hybridized carbons (Fsp3) is 0.300. The van der Waals surface area contributed by atoms with Crippen molar-refractivity contribution in [3.63, 3.8) is 0 Å². The number of rotatable bonds is 7. The lowest BCUT2D eigenvalue weighted by molar-refractivity contribution is 0.183. The number of benzene rings is 3. The van der Waals surface area contributed by atoms with E-state index in [2.05, 4.69) is 58.1 Å². The molecule has 0 N–H and O–H groups in total. The molecule has 0 atom stereocenters. The zero-order valence-corrected chi connectivity index (χ0v) is 19.5. The lowest BCUT2D eigenvalue weighted by Gasteiger charge is -2.37. The van der Waals surface area contributed by atoms with Crippen molar-refractivity contribution in [2.75, 3.05) is 19.6 Å². The minimum Gasteiger partial charge on any atom is -0.316 e. The Morgan fingerprint density at radius 2 is 1.56 bits per heavy atom. The second kappa shape index (κ2) is 9.83. The van der Waals surface area contributed by atoms with E-state index in [0.29, 0.717) is 0 Å². The monoisotopic (exact) mass is 451 g/mol. The summed E-state index contributed by atoms with van der Waals surface area (Å²) in [6.07, 6.45) is 7.29. The first-order valence-electron chi connectivity index (χ1n) is 12.2. The molecule has 1 aliphatic heterocycles. The molecule has 172 valence electrons. The third kappa shape index (κ3) is 4.49. The molecule has 0 aliphatic carbocycles. The Balaban J connectivity index is 1.19. The van der Waals surface area contributed by atoms with Crippen LogP contribution in [-0.2, 0) is 11.8 Å². The number of hydrogen-bond donors (Lipinski definition) is 0. The Kier molecular flexibility index (Phi) is 6.47. The van der Waals surface area contributed by atoms with E-state index in [0.717, 1.165) is 68.5 Å². The molecule has 1 fully saturated rings. The molecule has 0 saturated carbocycles. The van der Waals surface area contributed by atoms with Crippen LogP contribution in [0.15, 0.2) is 85.1 Å². The van der Waals surface area contributed by atoms with Crippen molar-refractivity contribution >= 4 is 10.9 Å². The fourth-order valence-electron chi connectivity index (χ4n) is 5.30. The van der Waals surface area contributed by atoms with Gasteiger partial charge in [-0.3, -0.25) is 0 Å². The maximum atomic E-state index is 13.4. The summed E-state index contributed by atoms with van der Waals surface area (Å²) in [6.45, 7) is 3.03. The minimum atomic E-state index is -0.333. The zero-order chi connectivity index (χ0) is 23.4. The third-order valence-corrected chi connectivity index (χ3v) is 7.32. The van der Waals surface area contributed by atoms with Crippen molar-refractivity contribution in [3.05, 3.63) is 102 Å². The Bertz CT molecular complexity index is 1280. The predicted molar refractivity (Wildman–Crippen MR) is 136 cm³/mol. The molecule has 0 spiro atoms. The topological polar surface area (TPSA) is 32.0 Å². The highest BCUT2D eigenvalue weighted by Gasteiger charge is 2.36. The standard InChI is InChI=1S/C30H30FN3/c31-26-13-15-27(16-14-26)34-22-24(28-11-4-5-12-29(28)34)8-6-7-19-33-20-17-30(23-32,18-21-33)25-9-2-1-3-10-25/h1-5,9-16,22H,6-8,17-21H2. The fourth-order valence-corrected chi connectivity index (χ4v) is 5.30. The van der Waals surface area contributed by atoms with Gasteiger partial charge in [-0.25, -0.2) is 4.39 Å². The first-order chi connectivity index (χ1) is 16.7. The molecular formula is C30H30FN3. The van der Waals surface area contributed by atoms with Gasteiger partial charge in [-0.2, -0.15) is 5.26 Å². The van der Waals surface area contributed by atoms with Crippen LogP contribution in [0.4, 0.5) is 4.39 Å². The molecule has 34 heavy (non-hydrogen) atoms. The number of fused-ring (bicyclic) bond motifs is 1. The van der Waals surface area contributed by atoms with E-state index in [-0.39, 0.29) is 11.2 Å². The smallest absolute Gasteiger partial charge is 0.123 e. The highest BCUT2D eigenvalue weighted by atomic mass is 19.1. The molecule has 4 heteroatoms. The highest BCUT2D eigenvalue weighted by molar-refractivity contribution is 5.85. The van der Waals surface area contributed by atoms with Gasteiger partial charge < -0.3 is 9.47 Å². The van der Waals surface area contributed by atoms with E-state index >= 15 is 0 Å². The van der Waals surface area contributed by atoms with Gasteiger partial charge >= 0.3 is 0 Å². The second-order valence-corrected chi connectivity index (χ2v) is 9.38. The Labute approximate surface area is 201 Å². The lowest BCUT2D eigenvalue weighted by Crippen LogP contribution is -2.42. The number of nitrogens with zero attached hydrogens (tertiary/aromatic N) is 3. The van der Waals surface area contributed by atoms with Crippen molar-refractivity contribution in [2.45, 2.75) is 37.5 Å². The SMILES string of the molecule is N#CC1(c2ccccc2)CCN(CCCCc2cn(-c3ccc(F)cc3)c3ccccc23)CC1. The van der Waals surface area contributed by atoms with Crippen molar-refractivity contribution in [1.82, 2.24) is 9.47 Å². The number of aryl methyl sites for hydroxylation is 1. The van der Waals surface area contributed by atoms with E-state index < -0.39 is 0 Å². The van der Waals surface area contributed by atoms with Gasteiger partial charge in [0, 0.05) is 17.3 Å². The number of halogens is 1. The van der Waals surface area contributed by atoms with Gasteiger partial charge in [0.05, 0.1) is 17.0 Å². The summed E-state index contributed by atoms with van der Waals surface area (Å²) < 4.78 is 15.6. The predicted octanol–water partition coefficient (Wildman–Crippen LogP) is 6.65. The molecule has 1 aromatic heterocycles. The zero-order valence-electron chi connectivity index (χ0n) is 19.5. The van der Waals surface area contributed by atoms with Crippen LogP contribution in [0.5, 0.6) is 0 Å². The van der Waals surface area contributed by atoms with Gasteiger partial charge in [-0.15, -0.1) is 0 Å². The quantitative estimate of drug-likeness (QED) is 0.295. The van der Waals surface area contributed by atoms with E-state index in [4.69, 9.17) is 0 Å². The molecule has 0 unspecified atom stereocenters. The Hall–Kier alpha value is -3.42. The van der Waals surface area contributed by atoms with Crippen LogP contribution < -0.4 is 0 Å². The molecule has 0 radical (unpaired) electrons. The summed E-state index contributed by atoms with van der Waals surface area (Å²) in [7, 11) is 0. The second-order valence-electron chi connectivity index (χ2n) is 9.38. The molecule has 0 bridgehead atoms. The molecule has 3 aromatic carbocycles. The first-order valence-corrected chi connectivity index (χ1v) is 12.2. The number of aromatic nitrogens is 1. The summed E-state index contributed by atoms with van der Waals surface area (Å²) in [5.74, 6) is -0.214. The summed E-state index contributed by atoms with van der Waals surface area (Å²) in [5, 5.41) is 11.2. The molecule has 0 amide bonds. The number of para-hydroxylation sites is 1. The normalized spacial score (nSPS) is 15.9. The summed E-state index contributed by atoms with van der Waals surface area (Å²) in [4.78, 5) is 2.51. The van der Waals surface area contributed by atoms with Crippen LogP contribution in [0.1, 0.15) is 36.8 Å². The number of piperidine rings is 1. The molecular weight excluding hydrogens is 421 g/mol. The van der Waals surface area contributed by atoms with E-state index in [9.17, 15) is 9.65 Å². The Morgan fingerprint density at radius 3 is 2.29 bits per heavy atom. The summed E-state index contributed by atoms with van der Waals surface area (Å²) in [6, 6.07) is 28.1. The van der Waals surface area contributed by atoms with Gasteiger partial charge in [-0.1, -0.05) is 48.5 Å². The number of hydrogen-bond acceptors (Lipinski definition) is 2. The third-order valence-electron chi connectivity index (χ3n) is 7.32. The Morgan fingerprint density at radius 1 is 0.853 bits per heavy atom. The average molecular weight is 452 g/mol. The molecule has 5 rings (SSSR count). The maximum absolute atomic E-state index is 13.4. The lowest BCUT2D eigenvalue weighted by atomic mass is 9.74. The van der Waals surface area contributed by atoms with Crippen molar-refractivity contribution in [1.29, 1.82) is 5.26 Å². The highest BCUT2D eigenvalue weighted by Crippen LogP contribution is 2.35. The molecule has 2 heterocycles. The van der Waals surface area contributed by atoms with Crippen LogP contribution in [0.3, 0.4) is 0 Å². The summed E-state index contributed by atoms with van der Waals surface area (Å²) in [5.41, 5.74) is 4.31. The number of likely N-dealkylation sites (tertiary alicyclic amines) is 1. The van der Waals surface area contributed by atoms with Crippen molar-refractivity contribution in [2.24, 2.45) is 0 Å². The summed E-state index contributed by atoms with van der Waals surface area (Å²) >= 11 is 0. The first kappa shape index (κ1) is 22.4. The van der Waals surface area contributed by atoms with Crippen LogP contribution in [0.2, 0.25) is 0 Å². The minimum absolute atomic E-state index is 0.214. The van der Waals surface area contributed by atoms with Gasteiger partial charge in [0.15, 0.2) is 0 Å². The van der Waals surface area contributed by atoms with Gasteiger partial charge in [0.1, 0.15) is 5.82 Å². The van der Waals surface area contributed by atoms with Crippen LogP contribution >= 0.6 is 0 Å². The van der Waals surface area contributed by atoms with Crippen LogP contribution in [0, 0.1) is 17.1 Å². The molecule has 1 aliphatic rings. The average Bonchev–Trinajstić information content (AvgIpc) is 3.27. The van der Waals surface area contributed by atoms with E-state index in [1.807, 2.05) is 30.3 Å². The molecule has 3 nitrogen and oxygen atoms in total. The van der Waals surface area contributed by atoms with Gasteiger partial charge in [0.2, 0.25) is 0 Å². The van der Waals surface area contributed by atoms with E-state index in [1.165, 1.54) is 23.1 Å². The van der Waals surface area contributed by atoms with E-state index in [1.54, 1.807) is 0 Å². The molecule has 4 aromatic rings. The van der Waals surface area contributed by atoms with Crippen molar-refractivity contribution in [3.8, 4) is 11.8 Å². The van der Waals surface area contributed by atoms with Crippen LogP contribution in [0.25, 0.3) is 16.6 Å². The van der Waals surface area contributed by atoms with Crippen molar-refractivity contribution < 1.29 is 4.39 Å². The maximum Gasteiger partial charge on any atom is 0.123 e. The van der Waals surface area contributed by atoms with Gasteiger partial charge in [0.25, 0.3) is 0 Å². The molecule has 1 saturated heterocycles. The van der Waals surface area contributed by atoms with Crippen LogP contribution in [-0.4, -0.2) is 29.1 Å². The number of nitriles is 1. The largest absolute Gasteiger partial charge is 0.316 e.